The van der Waals surface area contributed by atoms with Gasteiger partial charge in [0.15, 0.2) is 0 Å². The van der Waals surface area contributed by atoms with Crippen LogP contribution in [0.3, 0.4) is 0 Å². The predicted octanol–water partition coefficient (Wildman–Crippen LogP) is 5.61. The Bertz CT molecular complexity index is 1610. The molecule has 5 rings (SSSR count). The summed E-state index contributed by atoms with van der Waals surface area (Å²) in [7, 11) is -2.63. The summed E-state index contributed by atoms with van der Waals surface area (Å²) in [6.45, 7) is -1.12. The van der Waals surface area contributed by atoms with Gasteiger partial charge in [0, 0.05) is 28.7 Å². The monoisotopic (exact) mass is 575 g/mol. The number of ether oxygens (including phenoxy) is 1. The summed E-state index contributed by atoms with van der Waals surface area (Å²) < 4.78 is 66.4. The van der Waals surface area contributed by atoms with Crippen LogP contribution in [0.5, 0.6) is 5.75 Å². The molecule has 0 saturated carbocycles. The molecule has 0 aliphatic carbocycles. The third-order valence-electron chi connectivity index (χ3n) is 7.12. The molecule has 0 spiro atoms. The summed E-state index contributed by atoms with van der Waals surface area (Å²) in [6.07, 6.45) is 0.817. The van der Waals surface area contributed by atoms with Gasteiger partial charge in [0.1, 0.15) is 11.6 Å². The summed E-state index contributed by atoms with van der Waals surface area (Å²) in [5, 5.41) is 3.00. The van der Waals surface area contributed by atoms with E-state index in [9.17, 15) is 31.9 Å². The van der Waals surface area contributed by atoms with Crippen LogP contribution < -0.4 is 15.7 Å². The summed E-state index contributed by atoms with van der Waals surface area (Å²) >= 11 is 0. The topological polar surface area (TPSA) is 106 Å². The first-order valence-electron chi connectivity index (χ1n) is 12.5. The van der Waals surface area contributed by atoms with E-state index in [4.69, 9.17) is 0 Å². The highest BCUT2D eigenvalue weighted by Gasteiger charge is 2.35. The lowest BCUT2D eigenvalue weighted by Gasteiger charge is -2.44. The second-order valence-electron chi connectivity index (χ2n) is 10.1. The SMILES string of the molecule is CC1(NC(=O)c2ccc3c(c2)n(Cc2ccc(F)cc2)c(=O)n3-c2cccc(OC(F)F)c2)CCS(O)(O)CC1. The number of hydrogen-bond donors (Lipinski definition) is 3. The van der Waals surface area contributed by atoms with Crippen LogP contribution in [0.15, 0.2) is 71.5 Å². The molecule has 1 aliphatic rings. The molecule has 0 bridgehead atoms. The van der Waals surface area contributed by atoms with Gasteiger partial charge in [-0.05, 0) is 67.8 Å². The molecule has 4 aromatic rings. The second kappa shape index (κ2) is 10.7. The Balaban J connectivity index is 1.56. The van der Waals surface area contributed by atoms with E-state index >= 15 is 0 Å². The number of imidazole rings is 1. The van der Waals surface area contributed by atoms with Crippen LogP contribution in [0.1, 0.15) is 35.7 Å². The molecular formula is C28H28F3N3O5S. The van der Waals surface area contributed by atoms with E-state index in [2.05, 4.69) is 10.1 Å². The Morgan fingerprint density at radius 3 is 2.42 bits per heavy atom. The molecule has 8 nitrogen and oxygen atoms in total. The van der Waals surface area contributed by atoms with Crippen LogP contribution in [-0.4, -0.2) is 47.8 Å². The molecule has 1 aromatic heterocycles. The van der Waals surface area contributed by atoms with Crippen molar-refractivity contribution in [2.45, 2.75) is 38.5 Å². The van der Waals surface area contributed by atoms with Crippen molar-refractivity contribution in [2.24, 2.45) is 0 Å². The van der Waals surface area contributed by atoms with E-state index < -0.39 is 34.2 Å². The van der Waals surface area contributed by atoms with Crippen LogP contribution in [0, 0.1) is 5.82 Å². The zero-order valence-corrected chi connectivity index (χ0v) is 22.3. The highest BCUT2D eigenvalue weighted by atomic mass is 32.3. The highest BCUT2D eigenvalue weighted by molar-refractivity contribution is 8.24. The number of carbonyl (C=O) groups is 1. The molecule has 1 fully saturated rings. The molecule has 0 radical (unpaired) electrons. The first kappa shape index (κ1) is 27.8. The Morgan fingerprint density at radius 1 is 1.05 bits per heavy atom. The van der Waals surface area contributed by atoms with Crippen LogP contribution in [0.25, 0.3) is 16.7 Å². The molecule has 2 heterocycles. The number of amides is 1. The third kappa shape index (κ3) is 5.88. The molecule has 1 amide bonds. The number of fused-ring (bicyclic) bond motifs is 1. The summed E-state index contributed by atoms with van der Waals surface area (Å²) in [5.41, 5.74) is 0.929. The first-order valence-corrected chi connectivity index (χ1v) is 14.4. The van der Waals surface area contributed by atoms with Crippen molar-refractivity contribution in [3.63, 3.8) is 0 Å². The van der Waals surface area contributed by atoms with E-state index in [1.54, 1.807) is 36.4 Å². The van der Waals surface area contributed by atoms with Gasteiger partial charge in [-0.25, -0.2) is 9.18 Å². The average molecular weight is 576 g/mol. The molecule has 12 heteroatoms. The number of nitrogens with one attached hydrogen (secondary N) is 1. The number of hydrogen-bond acceptors (Lipinski definition) is 5. The van der Waals surface area contributed by atoms with Gasteiger partial charge in [-0.3, -0.25) is 23.0 Å². The standard InChI is InChI=1S/C28H28F3N3O5S/c1-28(11-13-40(37,38)14-12-28)32-25(35)19-7-10-23-24(15-19)33(17-18-5-8-20(29)9-6-18)27(36)34(23)21-3-2-4-22(16-21)39-26(30)31/h2-10,15-16,26,37-38H,11-14,17H2,1H3,(H,32,35). The normalized spacial score (nSPS) is 17.1. The fraction of sp³-hybridized carbons (Fsp3) is 0.286. The van der Waals surface area contributed by atoms with Gasteiger partial charge in [0.05, 0.1) is 23.3 Å². The minimum atomic E-state index is -3.04. The molecule has 3 aromatic carbocycles. The molecule has 0 unspecified atom stereocenters. The number of alkyl halides is 2. The van der Waals surface area contributed by atoms with Crippen LogP contribution in [-0.2, 0) is 6.54 Å². The number of nitrogens with zero attached hydrogens (tertiary/aromatic N) is 2. The van der Waals surface area contributed by atoms with Crippen molar-refractivity contribution < 1.29 is 31.8 Å². The van der Waals surface area contributed by atoms with Gasteiger partial charge in [0.25, 0.3) is 5.91 Å². The van der Waals surface area contributed by atoms with Crippen LogP contribution >= 0.6 is 10.6 Å². The average Bonchev–Trinajstić information content (AvgIpc) is 3.17. The van der Waals surface area contributed by atoms with Crippen molar-refractivity contribution in [1.82, 2.24) is 14.5 Å². The number of rotatable bonds is 7. The predicted molar refractivity (Wildman–Crippen MR) is 147 cm³/mol. The lowest BCUT2D eigenvalue weighted by atomic mass is 9.94. The molecule has 212 valence electrons. The largest absolute Gasteiger partial charge is 0.435 e. The van der Waals surface area contributed by atoms with E-state index in [-0.39, 0.29) is 41.0 Å². The Kier molecular flexibility index (Phi) is 7.42. The fourth-order valence-electron chi connectivity index (χ4n) is 4.85. The maximum Gasteiger partial charge on any atom is 0.387 e. The molecule has 1 aliphatic heterocycles. The van der Waals surface area contributed by atoms with Gasteiger partial charge < -0.3 is 10.1 Å². The number of aromatic nitrogens is 2. The van der Waals surface area contributed by atoms with Gasteiger partial charge >= 0.3 is 12.3 Å². The molecule has 3 N–H and O–H groups in total. The van der Waals surface area contributed by atoms with Crippen molar-refractivity contribution in [3.8, 4) is 11.4 Å². The third-order valence-corrected chi connectivity index (χ3v) is 8.84. The van der Waals surface area contributed by atoms with Gasteiger partial charge in [0.2, 0.25) is 0 Å². The minimum Gasteiger partial charge on any atom is -0.435 e. The van der Waals surface area contributed by atoms with Crippen molar-refractivity contribution >= 4 is 27.5 Å². The number of carbonyl (C=O) groups excluding carboxylic acids is 1. The van der Waals surface area contributed by atoms with Crippen molar-refractivity contribution in [3.05, 3.63) is 94.2 Å². The Hall–Kier alpha value is -3.74. The zero-order valence-electron chi connectivity index (χ0n) is 21.5. The number of halogens is 3. The van der Waals surface area contributed by atoms with E-state index in [0.29, 0.717) is 29.4 Å². The highest BCUT2D eigenvalue weighted by Crippen LogP contribution is 2.46. The Morgan fingerprint density at radius 2 is 1.75 bits per heavy atom. The summed E-state index contributed by atoms with van der Waals surface area (Å²) in [4.78, 5) is 27.0. The maximum absolute atomic E-state index is 13.7. The molecular weight excluding hydrogens is 547 g/mol. The second-order valence-corrected chi connectivity index (χ2v) is 12.6. The molecule has 40 heavy (non-hydrogen) atoms. The Labute approximate surface area is 229 Å². The van der Waals surface area contributed by atoms with Gasteiger partial charge in [-0.1, -0.05) is 18.2 Å². The molecule has 1 saturated heterocycles. The zero-order chi connectivity index (χ0) is 28.7. The lowest BCUT2D eigenvalue weighted by Crippen LogP contribution is -2.50. The maximum atomic E-state index is 13.7. The summed E-state index contributed by atoms with van der Waals surface area (Å²) in [6, 6.07) is 16.2. The van der Waals surface area contributed by atoms with Crippen LogP contribution in [0.2, 0.25) is 0 Å². The molecule has 0 atom stereocenters. The van der Waals surface area contributed by atoms with Gasteiger partial charge in [-0.15, -0.1) is 0 Å². The van der Waals surface area contributed by atoms with E-state index in [1.165, 1.54) is 39.5 Å². The van der Waals surface area contributed by atoms with Crippen molar-refractivity contribution in [2.75, 3.05) is 11.5 Å². The first-order chi connectivity index (χ1) is 18.9. The van der Waals surface area contributed by atoms with Crippen molar-refractivity contribution in [1.29, 1.82) is 0 Å². The summed E-state index contributed by atoms with van der Waals surface area (Å²) in [5.74, 6) is -0.518. The van der Waals surface area contributed by atoms with E-state index in [0.717, 1.165) is 0 Å². The quantitative estimate of drug-likeness (QED) is 0.266. The van der Waals surface area contributed by atoms with Crippen LogP contribution in [0.4, 0.5) is 13.2 Å². The number of benzene rings is 3. The smallest absolute Gasteiger partial charge is 0.387 e. The minimum absolute atomic E-state index is 0.0660. The van der Waals surface area contributed by atoms with E-state index in [1.807, 2.05) is 6.92 Å². The lowest BCUT2D eigenvalue weighted by molar-refractivity contribution is -0.0498. The van der Waals surface area contributed by atoms with Gasteiger partial charge in [-0.2, -0.15) is 19.4 Å². The fourth-order valence-corrected chi connectivity index (χ4v) is 6.60.